The third-order valence-electron chi connectivity index (χ3n) is 13.3. The standard InChI is InChI=1S/C59H112O6/c1-4-7-10-13-16-19-22-25-27-29-31-34-37-40-43-46-49-52-58(61)64-55-56(54-63-57(60)51-48-45-42-39-36-33-24-21-18-15-12-9-6-3)65-59(62)53-50-47-44-41-38-35-32-30-28-26-23-20-17-14-11-8-5-2/h21,24,56H,4-20,22-23,25-55H2,1-3H3/t56-/m1/s1. The summed E-state index contributed by atoms with van der Waals surface area (Å²) < 4.78 is 16.9. The van der Waals surface area contributed by atoms with Crippen molar-refractivity contribution < 1.29 is 28.6 Å². The molecule has 0 aromatic heterocycles. The van der Waals surface area contributed by atoms with Crippen molar-refractivity contribution in [1.82, 2.24) is 0 Å². The van der Waals surface area contributed by atoms with Gasteiger partial charge in [-0.25, -0.2) is 0 Å². The molecule has 0 heterocycles. The molecule has 0 N–H and O–H groups in total. The molecular formula is C59H112O6. The molecule has 0 aromatic rings. The highest BCUT2D eigenvalue weighted by Gasteiger charge is 2.19. The average molecular weight is 918 g/mol. The van der Waals surface area contributed by atoms with E-state index in [2.05, 4.69) is 32.9 Å². The lowest BCUT2D eigenvalue weighted by molar-refractivity contribution is -0.167. The van der Waals surface area contributed by atoms with Crippen LogP contribution in [0.15, 0.2) is 12.2 Å². The van der Waals surface area contributed by atoms with Crippen LogP contribution >= 0.6 is 0 Å². The number of esters is 3. The molecule has 0 rings (SSSR count). The number of carbonyl (C=O) groups is 3. The molecule has 0 saturated heterocycles. The first-order valence-corrected chi connectivity index (χ1v) is 29.2. The van der Waals surface area contributed by atoms with Crippen molar-refractivity contribution in [3.63, 3.8) is 0 Å². The average Bonchev–Trinajstić information content (AvgIpc) is 3.30. The normalized spacial score (nSPS) is 12.0. The van der Waals surface area contributed by atoms with Crippen LogP contribution < -0.4 is 0 Å². The van der Waals surface area contributed by atoms with Gasteiger partial charge in [0.2, 0.25) is 0 Å². The van der Waals surface area contributed by atoms with Gasteiger partial charge in [-0.05, 0) is 44.9 Å². The van der Waals surface area contributed by atoms with E-state index in [0.717, 1.165) is 64.2 Å². The van der Waals surface area contributed by atoms with Crippen molar-refractivity contribution in [3.05, 3.63) is 12.2 Å². The van der Waals surface area contributed by atoms with Crippen molar-refractivity contribution in [2.75, 3.05) is 13.2 Å². The Labute approximate surface area is 405 Å². The fourth-order valence-corrected chi connectivity index (χ4v) is 8.85. The maximum absolute atomic E-state index is 12.9. The monoisotopic (exact) mass is 917 g/mol. The Balaban J connectivity index is 4.30. The highest BCUT2D eigenvalue weighted by molar-refractivity contribution is 5.71. The second kappa shape index (κ2) is 54.8. The van der Waals surface area contributed by atoms with Crippen LogP contribution in [0.25, 0.3) is 0 Å². The highest BCUT2D eigenvalue weighted by Crippen LogP contribution is 2.17. The quantitative estimate of drug-likeness (QED) is 0.0262. The van der Waals surface area contributed by atoms with E-state index in [1.807, 2.05) is 0 Å². The second-order valence-electron chi connectivity index (χ2n) is 19.9. The van der Waals surface area contributed by atoms with E-state index in [0.29, 0.717) is 19.3 Å². The van der Waals surface area contributed by atoms with E-state index in [1.54, 1.807) is 0 Å². The third-order valence-corrected chi connectivity index (χ3v) is 13.3. The maximum Gasteiger partial charge on any atom is 0.306 e. The number of ether oxygens (including phenoxy) is 3. The summed E-state index contributed by atoms with van der Waals surface area (Å²) in [5.74, 6) is -0.850. The van der Waals surface area contributed by atoms with Gasteiger partial charge in [0.15, 0.2) is 6.10 Å². The van der Waals surface area contributed by atoms with Gasteiger partial charge in [0, 0.05) is 19.3 Å². The van der Waals surface area contributed by atoms with E-state index >= 15 is 0 Å². The van der Waals surface area contributed by atoms with Crippen LogP contribution in [0.3, 0.4) is 0 Å². The molecule has 65 heavy (non-hydrogen) atoms. The first kappa shape index (κ1) is 63.1. The van der Waals surface area contributed by atoms with Gasteiger partial charge in [0.05, 0.1) is 0 Å². The van der Waals surface area contributed by atoms with Crippen molar-refractivity contribution in [2.45, 2.75) is 335 Å². The Kier molecular flexibility index (Phi) is 53.2. The molecular weight excluding hydrogens is 805 g/mol. The predicted octanol–water partition coefficient (Wildman–Crippen LogP) is 19.3. The molecule has 0 amide bonds. The number of unbranched alkanes of at least 4 members (excludes halogenated alkanes) is 41. The van der Waals surface area contributed by atoms with Gasteiger partial charge in [-0.1, -0.05) is 277 Å². The molecule has 384 valence electrons. The van der Waals surface area contributed by atoms with E-state index < -0.39 is 6.10 Å². The molecule has 0 radical (unpaired) electrons. The number of hydrogen-bond acceptors (Lipinski definition) is 6. The van der Waals surface area contributed by atoms with Crippen LogP contribution in [0.2, 0.25) is 0 Å². The molecule has 6 nitrogen and oxygen atoms in total. The zero-order valence-corrected chi connectivity index (χ0v) is 44.0. The van der Waals surface area contributed by atoms with E-state index in [-0.39, 0.29) is 31.1 Å². The Morgan fingerprint density at radius 2 is 0.508 bits per heavy atom. The van der Waals surface area contributed by atoms with Gasteiger partial charge >= 0.3 is 17.9 Å². The number of allylic oxidation sites excluding steroid dienone is 2. The lowest BCUT2D eigenvalue weighted by Crippen LogP contribution is -2.30. The summed E-state index contributed by atoms with van der Waals surface area (Å²) in [5, 5.41) is 0. The summed E-state index contributed by atoms with van der Waals surface area (Å²) in [6.07, 6.45) is 62.0. The molecule has 0 aliphatic carbocycles. The van der Waals surface area contributed by atoms with Gasteiger partial charge in [-0.2, -0.15) is 0 Å². The molecule has 1 atom stereocenters. The Bertz CT molecular complexity index is 1010. The topological polar surface area (TPSA) is 78.9 Å². The lowest BCUT2D eigenvalue weighted by atomic mass is 10.0. The van der Waals surface area contributed by atoms with Crippen molar-refractivity contribution in [2.24, 2.45) is 0 Å². The Morgan fingerprint density at radius 1 is 0.292 bits per heavy atom. The first-order valence-electron chi connectivity index (χ1n) is 29.2. The van der Waals surface area contributed by atoms with Crippen LogP contribution in [-0.2, 0) is 28.6 Å². The maximum atomic E-state index is 12.9. The summed E-state index contributed by atoms with van der Waals surface area (Å²) in [6, 6.07) is 0. The minimum absolute atomic E-state index is 0.0664. The zero-order valence-electron chi connectivity index (χ0n) is 44.0. The lowest BCUT2D eigenvalue weighted by Gasteiger charge is -2.18. The van der Waals surface area contributed by atoms with Crippen LogP contribution in [0.1, 0.15) is 329 Å². The molecule has 0 aliphatic rings. The molecule has 0 aliphatic heterocycles. The molecule has 6 heteroatoms. The van der Waals surface area contributed by atoms with Crippen molar-refractivity contribution in [1.29, 1.82) is 0 Å². The summed E-state index contributed by atoms with van der Waals surface area (Å²) in [5.41, 5.74) is 0. The minimum atomic E-state index is -0.767. The minimum Gasteiger partial charge on any atom is -0.462 e. The Morgan fingerprint density at radius 3 is 0.785 bits per heavy atom. The molecule has 0 bridgehead atoms. The molecule has 0 fully saturated rings. The Hall–Kier alpha value is -1.85. The predicted molar refractivity (Wildman–Crippen MR) is 280 cm³/mol. The van der Waals surface area contributed by atoms with Gasteiger partial charge in [0.1, 0.15) is 13.2 Å². The van der Waals surface area contributed by atoms with Crippen molar-refractivity contribution >= 4 is 17.9 Å². The highest BCUT2D eigenvalue weighted by atomic mass is 16.6. The van der Waals surface area contributed by atoms with Gasteiger partial charge < -0.3 is 14.2 Å². The second-order valence-corrected chi connectivity index (χ2v) is 19.9. The fourth-order valence-electron chi connectivity index (χ4n) is 8.85. The first-order chi connectivity index (χ1) is 32.0. The van der Waals surface area contributed by atoms with Crippen LogP contribution in [0.5, 0.6) is 0 Å². The van der Waals surface area contributed by atoms with Crippen molar-refractivity contribution in [3.8, 4) is 0 Å². The van der Waals surface area contributed by atoms with Gasteiger partial charge in [-0.15, -0.1) is 0 Å². The smallest absolute Gasteiger partial charge is 0.306 e. The molecule has 0 saturated carbocycles. The number of rotatable bonds is 54. The van der Waals surface area contributed by atoms with Crippen LogP contribution in [-0.4, -0.2) is 37.2 Å². The zero-order chi connectivity index (χ0) is 47.2. The van der Waals surface area contributed by atoms with E-state index in [1.165, 1.54) is 225 Å². The van der Waals surface area contributed by atoms with Gasteiger partial charge in [0.25, 0.3) is 0 Å². The third kappa shape index (κ3) is 53.0. The largest absolute Gasteiger partial charge is 0.462 e. The summed E-state index contributed by atoms with van der Waals surface area (Å²) in [4.78, 5) is 38.1. The SMILES string of the molecule is CCCCCCC=CCCCCCCCC(=O)OC[C@H](COC(=O)CCCCCCCCCCCCCCCCCCC)OC(=O)CCCCCCCCCCCCCCCCCCC. The van der Waals surface area contributed by atoms with Crippen LogP contribution in [0.4, 0.5) is 0 Å². The van der Waals surface area contributed by atoms with Gasteiger partial charge in [-0.3, -0.25) is 14.4 Å². The summed E-state index contributed by atoms with van der Waals surface area (Å²) in [7, 11) is 0. The molecule has 0 spiro atoms. The molecule has 0 aromatic carbocycles. The van der Waals surface area contributed by atoms with E-state index in [4.69, 9.17) is 14.2 Å². The summed E-state index contributed by atoms with van der Waals surface area (Å²) in [6.45, 7) is 6.68. The van der Waals surface area contributed by atoms with Crippen LogP contribution in [0, 0.1) is 0 Å². The number of hydrogen-bond donors (Lipinski definition) is 0. The molecule has 0 unspecified atom stereocenters. The summed E-state index contributed by atoms with van der Waals surface area (Å²) >= 11 is 0. The number of carbonyl (C=O) groups excluding carboxylic acids is 3. The van der Waals surface area contributed by atoms with E-state index in [9.17, 15) is 14.4 Å². The fraction of sp³-hybridized carbons (Fsp3) is 0.915.